The smallest absolute Gasteiger partial charge is 0.326 e. The SMILES string of the molecule is CC(C)(C)C(C(=O)N[C@@H](CCCCN)C(=O)O)C(C)(C)C. The van der Waals surface area contributed by atoms with Crippen molar-refractivity contribution in [1.29, 1.82) is 0 Å². The Kier molecular flexibility index (Phi) is 7.37. The molecule has 1 atom stereocenters. The standard InChI is InChI=1S/C16H32N2O3/c1-15(2,3)12(16(4,5)6)13(19)18-11(14(20)21)9-7-8-10-17/h11-12H,7-10,17H2,1-6H3,(H,18,19)(H,20,21)/t11-/m0/s1. The topological polar surface area (TPSA) is 92.4 Å². The van der Waals surface area contributed by atoms with Gasteiger partial charge in [0.15, 0.2) is 0 Å². The quantitative estimate of drug-likeness (QED) is 0.629. The number of nitrogens with two attached hydrogens (primary N) is 1. The van der Waals surface area contributed by atoms with E-state index in [0.717, 1.165) is 6.42 Å². The van der Waals surface area contributed by atoms with Crippen molar-refractivity contribution < 1.29 is 14.7 Å². The summed E-state index contributed by atoms with van der Waals surface area (Å²) in [6, 6.07) is -0.837. The normalized spacial score (nSPS) is 14.1. The van der Waals surface area contributed by atoms with Gasteiger partial charge >= 0.3 is 5.97 Å². The monoisotopic (exact) mass is 300 g/mol. The lowest BCUT2D eigenvalue weighted by Gasteiger charge is -2.39. The molecule has 124 valence electrons. The van der Waals surface area contributed by atoms with Crippen molar-refractivity contribution in [3.63, 3.8) is 0 Å². The molecule has 0 spiro atoms. The summed E-state index contributed by atoms with van der Waals surface area (Å²) in [5.41, 5.74) is 4.95. The molecule has 0 aliphatic rings. The molecule has 0 heterocycles. The molecule has 0 saturated carbocycles. The van der Waals surface area contributed by atoms with E-state index in [-0.39, 0.29) is 22.7 Å². The molecule has 0 aliphatic heterocycles. The van der Waals surface area contributed by atoms with Gasteiger partial charge in [-0.05, 0) is 36.6 Å². The van der Waals surface area contributed by atoms with Crippen molar-refractivity contribution in [1.82, 2.24) is 5.32 Å². The van der Waals surface area contributed by atoms with Crippen LogP contribution in [0.15, 0.2) is 0 Å². The Morgan fingerprint density at radius 1 is 1.05 bits per heavy atom. The number of aliphatic carboxylic acids is 1. The Morgan fingerprint density at radius 2 is 1.52 bits per heavy atom. The van der Waals surface area contributed by atoms with Gasteiger partial charge in [0.25, 0.3) is 0 Å². The van der Waals surface area contributed by atoms with E-state index in [1.54, 1.807) is 0 Å². The van der Waals surface area contributed by atoms with Crippen LogP contribution in [0.5, 0.6) is 0 Å². The summed E-state index contributed by atoms with van der Waals surface area (Å²) in [7, 11) is 0. The highest BCUT2D eigenvalue weighted by atomic mass is 16.4. The molecule has 0 saturated heterocycles. The molecule has 0 bridgehead atoms. The summed E-state index contributed by atoms with van der Waals surface area (Å²) in [6.07, 6.45) is 1.88. The Balaban J connectivity index is 4.97. The largest absolute Gasteiger partial charge is 0.480 e. The van der Waals surface area contributed by atoms with Crippen LogP contribution >= 0.6 is 0 Å². The van der Waals surface area contributed by atoms with Crippen molar-refractivity contribution >= 4 is 11.9 Å². The molecule has 4 N–H and O–H groups in total. The van der Waals surface area contributed by atoms with Gasteiger partial charge in [0.1, 0.15) is 6.04 Å². The second kappa shape index (κ2) is 7.78. The number of unbranched alkanes of at least 4 members (excludes halogenated alkanes) is 1. The highest BCUT2D eigenvalue weighted by Crippen LogP contribution is 2.40. The number of rotatable bonds is 7. The average molecular weight is 300 g/mol. The zero-order valence-corrected chi connectivity index (χ0v) is 14.3. The number of carboxylic acid groups (broad SMARTS) is 1. The molecule has 5 heteroatoms. The van der Waals surface area contributed by atoms with Crippen molar-refractivity contribution in [2.45, 2.75) is 66.8 Å². The summed E-state index contributed by atoms with van der Waals surface area (Å²) >= 11 is 0. The fraction of sp³-hybridized carbons (Fsp3) is 0.875. The molecule has 0 aromatic carbocycles. The fourth-order valence-corrected chi connectivity index (χ4v) is 3.09. The molecule has 0 aromatic rings. The Morgan fingerprint density at radius 3 is 1.86 bits per heavy atom. The first-order chi connectivity index (χ1) is 9.41. The molecule has 5 nitrogen and oxygen atoms in total. The van der Waals surface area contributed by atoms with Crippen molar-refractivity contribution in [3.8, 4) is 0 Å². The summed E-state index contributed by atoms with van der Waals surface area (Å²) in [5, 5.41) is 12.0. The van der Waals surface area contributed by atoms with E-state index < -0.39 is 12.0 Å². The number of amides is 1. The summed E-state index contributed by atoms with van der Waals surface area (Å²) in [4.78, 5) is 23.9. The minimum Gasteiger partial charge on any atom is -0.480 e. The van der Waals surface area contributed by atoms with E-state index in [9.17, 15) is 14.7 Å². The summed E-state index contributed by atoms with van der Waals surface area (Å²) in [6.45, 7) is 12.6. The molecule has 0 aliphatic carbocycles. The second-order valence-corrected chi connectivity index (χ2v) is 7.85. The van der Waals surface area contributed by atoms with E-state index in [2.05, 4.69) is 5.32 Å². The minimum absolute atomic E-state index is 0.185. The third-order valence-electron chi connectivity index (χ3n) is 3.56. The van der Waals surface area contributed by atoms with Gasteiger partial charge in [-0.15, -0.1) is 0 Å². The maximum absolute atomic E-state index is 12.6. The molecule has 21 heavy (non-hydrogen) atoms. The minimum atomic E-state index is -0.984. The van der Waals surface area contributed by atoms with Crippen LogP contribution in [-0.4, -0.2) is 29.6 Å². The molecule has 0 unspecified atom stereocenters. The van der Waals surface area contributed by atoms with Gasteiger partial charge in [-0.1, -0.05) is 41.5 Å². The molecular formula is C16H32N2O3. The third-order valence-corrected chi connectivity index (χ3v) is 3.56. The first-order valence-corrected chi connectivity index (χ1v) is 7.64. The van der Waals surface area contributed by atoms with Crippen LogP contribution in [0.4, 0.5) is 0 Å². The summed E-state index contributed by atoms with van der Waals surface area (Å²) < 4.78 is 0. The van der Waals surface area contributed by atoms with Gasteiger partial charge in [-0.3, -0.25) is 4.79 Å². The van der Waals surface area contributed by atoms with Crippen LogP contribution in [0, 0.1) is 16.7 Å². The highest BCUT2D eigenvalue weighted by Gasteiger charge is 2.41. The van der Waals surface area contributed by atoms with E-state index in [0.29, 0.717) is 19.4 Å². The maximum atomic E-state index is 12.6. The van der Waals surface area contributed by atoms with Gasteiger partial charge in [0.05, 0.1) is 0 Å². The highest BCUT2D eigenvalue weighted by molar-refractivity contribution is 5.85. The predicted molar refractivity (Wildman–Crippen MR) is 84.9 cm³/mol. The molecule has 0 fully saturated rings. The average Bonchev–Trinajstić information content (AvgIpc) is 2.23. The van der Waals surface area contributed by atoms with Gasteiger partial charge in [-0.2, -0.15) is 0 Å². The van der Waals surface area contributed by atoms with Crippen molar-refractivity contribution in [2.24, 2.45) is 22.5 Å². The van der Waals surface area contributed by atoms with Crippen LogP contribution in [-0.2, 0) is 9.59 Å². The summed E-state index contributed by atoms with van der Waals surface area (Å²) in [5.74, 6) is -1.43. The Hall–Kier alpha value is -1.10. The van der Waals surface area contributed by atoms with Crippen LogP contribution in [0.1, 0.15) is 60.8 Å². The number of carbonyl (C=O) groups is 2. The van der Waals surface area contributed by atoms with Crippen molar-refractivity contribution in [3.05, 3.63) is 0 Å². The predicted octanol–water partition coefficient (Wildman–Crippen LogP) is 2.39. The number of carboxylic acids is 1. The fourth-order valence-electron chi connectivity index (χ4n) is 3.09. The Bertz CT molecular complexity index is 340. The van der Waals surface area contributed by atoms with Crippen LogP contribution in [0.2, 0.25) is 0 Å². The lowest BCUT2D eigenvalue weighted by Crippen LogP contribution is -2.50. The molecule has 0 aromatic heterocycles. The first kappa shape index (κ1) is 19.9. The first-order valence-electron chi connectivity index (χ1n) is 7.64. The van der Waals surface area contributed by atoms with Gasteiger partial charge in [0, 0.05) is 5.92 Å². The third kappa shape index (κ3) is 6.93. The number of nitrogens with one attached hydrogen (secondary N) is 1. The number of hydrogen-bond donors (Lipinski definition) is 3. The zero-order valence-electron chi connectivity index (χ0n) is 14.3. The lowest BCUT2D eigenvalue weighted by atomic mass is 9.66. The lowest BCUT2D eigenvalue weighted by molar-refractivity contribution is -0.145. The molecule has 1 amide bonds. The van der Waals surface area contributed by atoms with E-state index in [1.807, 2.05) is 41.5 Å². The molecular weight excluding hydrogens is 268 g/mol. The molecule has 0 radical (unpaired) electrons. The van der Waals surface area contributed by atoms with E-state index in [1.165, 1.54) is 0 Å². The van der Waals surface area contributed by atoms with E-state index in [4.69, 9.17) is 5.73 Å². The van der Waals surface area contributed by atoms with Crippen LogP contribution < -0.4 is 11.1 Å². The zero-order chi connectivity index (χ0) is 16.8. The van der Waals surface area contributed by atoms with Crippen molar-refractivity contribution in [2.75, 3.05) is 6.54 Å². The molecule has 0 rings (SSSR count). The van der Waals surface area contributed by atoms with E-state index >= 15 is 0 Å². The Labute approximate surface area is 128 Å². The van der Waals surface area contributed by atoms with Gasteiger partial charge in [-0.25, -0.2) is 4.79 Å². The van der Waals surface area contributed by atoms with Gasteiger partial charge in [0.2, 0.25) is 5.91 Å². The van der Waals surface area contributed by atoms with Crippen LogP contribution in [0.25, 0.3) is 0 Å². The maximum Gasteiger partial charge on any atom is 0.326 e. The van der Waals surface area contributed by atoms with Crippen LogP contribution in [0.3, 0.4) is 0 Å². The number of hydrogen-bond acceptors (Lipinski definition) is 3. The second-order valence-electron chi connectivity index (χ2n) is 7.85. The van der Waals surface area contributed by atoms with Gasteiger partial charge < -0.3 is 16.2 Å². The number of carbonyl (C=O) groups excluding carboxylic acids is 1.